The van der Waals surface area contributed by atoms with Gasteiger partial charge >= 0.3 is 6.18 Å². The lowest BCUT2D eigenvalue weighted by atomic mass is 10.1. The van der Waals surface area contributed by atoms with Crippen molar-refractivity contribution in [1.82, 2.24) is 15.3 Å². The van der Waals surface area contributed by atoms with Crippen LogP contribution in [0.15, 0.2) is 54.7 Å². The van der Waals surface area contributed by atoms with Crippen molar-refractivity contribution in [2.75, 3.05) is 17.7 Å². The number of nitrogens with zero attached hydrogens (tertiary/aromatic N) is 2. The Labute approximate surface area is 169 Å². The van der Waals surface area contributed by atoms with Crippen molar-refractivity contribution in [3.63, 3.8) is 0 Å². The van der Waals surface area contributed by atoms with E-state index in [-0.39, 0.29) is 17.2 Å². The lowest BCUT2D eigenvalue weighted by molar-refractivity contribution is -0.137. The van der Waals surface area contributed by atoms with Crippen molar-refractivity contribution in [3.05, 3.63) is 71.4 Å². The number of hydrogen-bond donors (Lipinski definition) is 3. The standard InChI is InChI=1S/C20H16F3N5O2/c1-24-18(30)14-4-2-3-5-16(14)27-17-15(20(21,22)23)10-25-19(28-17)26-13-8-6-12(11-29)7-9-13/h2-11H,1H3,(H,24,30)(H2,25,26,27,28). The Bertz CT molecular complexity index is 1070. The van der Waals surface area contributed by atoms with Crippen LogP contribution in [-0.2, 0) is 6.18 Å². The number of para-hydroxylation sites is 1. The van der Waals surface area contributed by atoms with Gasteiger partial charge in [0.05, 0.1) is 11.3 Å². The summed E-state index contributed by atoms with van der Waals surface area (Å²) in [4.78, 5) is 30.4. The normalized spacial score (nSPS) is 10.9. The molecule has 0 atom stereocenters. The summed E-state index contributed by atoms with van der Waals surface area (Å²) in [6, 6.07) is 12.3. The molecule has 1 aromatic heterocycles. The van der Waals surface area contributed by atoms with Gasteiger partial charge in [0.1, 0.15) is 17.7 Å². The molecule has 0 saturated carbocycles. The molecule has 7 nitrogen and oxygen atoms in total. The van der Waals surface area contributed by atoms with Crippen LogP contribution in [-0.4, -0.2) is 29.2 Å². The SMILES string of the molecule is CNC(=O)c1ccccc1Nc1nc(Nc2ccc(C=O)cc2)ncc1C(F)(F)F. The van der Waals surface area contributed by atoms with Gasteiger partial charge in [0, 0.05) is 24.5 Å². The highest BCUT2D eigenvalue weighted by molar-refractivity contribution is 6.00. The molecule has 154 valence electrons. The molecule has 0 unspecified atom stereocenters. The van der Waals surface area contributed by atoms with Gasteiger partial charge in [-0.15, -0.1) is 0 Å². The molecule has 2 aromatic carbocycles. The van der Waals surface area contributed by atoms with E-state index in [1.54, 1.807) is 24.3 Å². The highest BCUT2D eigenvalue weighted by Crippen LogP contribution is 2.35. The molecule has 3 aromatic rings. The Kier molecular flexibility index (Phi) is 5.95. The number of nitrogens with one attached hydrogen (secondary N) is 3. The average molecular weight is 415 g/mol. The maximum atomic E-state index is 13.5. The van der Waals surface area contributed by atoms with Crippen LogP contribution in [0.5, 0.6) is 0 Å². The Morgan fingerprint density at radius 3 is 2.37 bits per heavy atom. The van der Waals surface area contributed by atoms with E-state index in [1.165, 1.54) is 31.3 Å². The summed E-state index contributed by atoms with van der Waals surface area (Å²) < 4.78 is 40.4. The van der Waals surface area contributed by atoms with Crippen molar-refractivity contribution < 1.29 is 22.8 Å². The number of hydrogen-bond acceptors (Lipinski definition) is 6. The first kappa shape index (κ1) is 20.8. The van der Waals surface area contributed by atoms with Gasteiger partial charge in [0.15, 0.2) is 0 Å². The smallest absolute Gasteiger partial charge is 0.355 e. The van der Waals surface area contributed by atoms with Gasteiger partial charge in [-0.2, -0.15) is 18.2 Å². The number of aldehydes is 1. The zero-order valence-electron chi connectivity index (χ0n) is 15.6. The van der Waals surface area contributed by atoms with Crippen molar-refractivity contribution in [1.29, 1.82) is 0 Å². The highest BCUT2D eigenvalue weighted by atomic mass is 19.4. The zero-order valence-corrected chi connectivity index (χ0v) is 15.6. The van der Waals surface area contributed by atoms with E-state index in [9.17, 15) is 22.8 Å². The molecule has 0 aliphatic carbocycles. The van der Waals surface area contributed by atoms with Gasteiger partial charge in [0.25, 0.3) is 5.91 Å². The van der Waals surface area contributed by atoms with E-state index in [0.717, 1.165) is 0 Å². The second-order valence-corrected chi connectivity index (χ2v) is 6.07. The number of halogens is 3. The monoisotopic (exact) mass is 415 g/mol. The number of carbonyl (C=O) groups excluding carboxylic acids is 2. The molecule has 0 bridgehead atoms. The predicted molar refractivity (Wildman–Crippen MR) is 105 cm³/mol. The fraction of sp³-hybridized carbons (Fsp3) is 0.100. The number of benzene rings is 2. The van der Waals surface area contributed by atoms with Crippen LogP contribution in [0.25, 0.3) is 0 Å². The van der Waals surface area contributed by atoms with Crippen LogP contribution in [0.3, 0.4) is 0 Å². The van der Waals surface area contributed by atoms with Gasteiger partial charge in [-0.05, 0) is 36.4 Å². The van der Waals surface area contributed by atoms with Crippen LogP contribution in [0.1, 0.15) is 26.3 Å². The molecule has 3 rings (SSSR count). The average Bonchev–Trinajstić information content (AvgIpc) is 2.73. The van der Waals surface area contributed by atoms with Crippen molar-refractivity contribution in [3.8, 4) is 0 Å². The lowest BCUT2D eigenvalue weighted by Crippen LogP contribution is -2.20. The van der Waals surface area contributed by atoms with Crippen LogP contribution in [0.2, 0.25) is 0 Å². The third-order valence-electron chi connectivity index (χ3n) is 4.05. The molecule has 1 heterocycles. The molecule has 0 saturated heterocycles. The minimum Gasteiger partial charge on any atom is -0.355 e. The zero-order chi connectivity index (χ0) is 21.7. The van der Waals surface area contributed by atoms with E-state index in [2.05, 4.69) is 25.9 Å². The van der Waals surface area contributed by atoms with Gasteiger partial charge in [-0.1, -0.05) is 12.1 Å². The van der Waals surface area contributed by atoms with Crippen LogP contribution in [0.4, 0.5) is 36.3 Å². The second kappa shape index (κ2) is 8.60. The van der Waals surface area contributed by atoms with E-state index in [0.29, 0.717) is 23.7 Å². The Hall–Kier alpha value is -3.95. The van der Waals surface area contributed by atoms with Gasteiger partial charge < -0.3 is 16.0 Å². The summed E-state index contributed by atoms with van der Waals surface area (Å²) in [5.41, 5.74) is 0.156. The fourth-order valence-electron chi connectivity index (χ4n) is 2.57. The molecule has 3 N–H and O–H groups in total. The molecule has 30 heavy (non-hydrogen) atoms. The minimum atomic E-state index is -4.71. The first-order valence-corrected chi connectivity index (χ1v) is 8.66. The summed E-state index contributed by atoms with van der Waals surface area (Å²) in [6.45, 7) is 0. The maximum Gasteiger partial charge on any atom is 0.421 e. The number of rotatable bonds is 6. The molecule has 0 spiro atoms. The maximum absolute atomic E-state index is 13.5. The number of alkyl halides is 3. The van der Waals surface area contributed by atoms with Crippen LogP contribution < -0.4 is 16.0 Å². The van der Waals surface area contributed by atoms with E-state index >= 15 is 0 Å². The second-order valence-electron chi connectivity index (χ2n) is 6.07. The van der Waals surface area contributed by atoms with Crippen molar-refractivity contribution >= 4 is 35.3 Å². The third-order valence-corrected chi connectivity index (χ3v) is 4.05. The van der Waals surface area contributed by atoms with E-state index in [4.69, 9.17) is 0 Å². The lowest BCUT2D eigenvalue weighted by Gasteiger charge is -2.16. The molecular weight excluding hydrogens is 399 g/mol. The molecule has 0 aliphatic heterocycles. The summed E-state index contributed by atoms with van der Waals surface area (Å²) in [6.07, 6.45) is -3.39. The number of amides is 1. The Morgan fingerprint density at radius 2 is 1.73 bits per heavy atom. The first-order valence-electron chi connectivity index (χ1n) is 8.66. The van der Waals surface area contributed by atoms with Crippen LogP contribution in [0, 0.1) is 0 Å². The Morgan fingerprint density at radius 1 is 1.03 bits per heavy atom. The quantitative estimate of drug-likeness (QED) is 0.524. The molecule has 1 amide bonds. The number of aromatic nitrogens is 2. The third kappa shape index (κ3) is 4.72. The van der Waals surface area contributed by atoms with E-state index < -0.39 is 23.5 Å². The predicted octanol–water partition coefficient (Wildman–Crippen LogP) is 4.15. The summed E-state index contributed by atoms with van der Waals surface area (Å²) in [5, 5.41) is 7.81. The summed E-state index contributed by atoms with van der Waals surface area (Å²) in [7, 11) is 1.42. The van der Waals surface area contributed by atoms with Gasteiger partial charge in [0.2, 0.25) is 5.95 Å². The number of anilines is 4. The molecular formula is C20H16F3N5O2. The summed E-state index contributed by atoms with van der Waals surface area (Å²) in [5.74, 6) is -1.07. The van der Waals surface area contributed by atoms with Crippen molar-refractivity contribution in [2.45, 2.75) is 6.18 Å². The van der Waals surface area contributed by atoms with Crippen molar-refractivity contribution in [2.24, 2.45) is 0 Å². The largest absolute Gasteiger partial charge is 0.421 e. The van der Waals surface area contributed by atoms with Gasteiger partial charge in [-0.25, -0.2) is 4.98 Å². The first-order chi connectivity index (χ1) is 14.3. The number of carbonyl (C=O) groups is 2. The minimum absolute atomic E-state index is 0.0956. The molecule has 10 heteroatoms. The van der Waals surface area contributed by atoms with Gasteiger partial charge in [-0.3, -0.25) is 9.59 Å². The highest BCUT2D eigenvalue weighted by Gasteiger charge is 2.35. The summed E-state index contributed by atoms with van der Waals surface area (Å²) >= 11 is 0. The molecule has 0 aliphatic rings. The van der Waals surface area contributed by atoms with E-state index in [1.807, 2.05) is 0 Å². The molecule has 0 radical (unpaired) electrons. The molecule has 0 fully saturated rings. The Balaban J connectivity index is 1.98. The fourth-order valence-corrected chi connectivity index (χ4v) is 2.57. The topological polar surface area (TPSA) is 96.0 Å². The van der Waals surface area contributed by atoms with Crippen LogP contribution >= 0.6 is 0 Å².